The van der Waals surface area contributed by atoms with E-state index in [-0.39, 0.29) is 12.1 Å². The van der Waals surface area contributed by atoms with Crippen LogP contribution in [-0.2, 0) is 9.53 Å². The first-order valence-electron chi connectivity index (χ1n) is 7.17. The number of carbonyl (C=O) groups is 1. The van der Waals surface area contributed by atoms with Gasteiger partial charge in [-0.15, -0.1) is 0 Å². The summed E-state index contributed by atoms with van der Waals surface area (Å²) in [6.45, 7) is 0. The molecule has 0 spiro atoms. The normalized spacial score (nSPS) is 10.5. The average molecular weight is 321 g/mol. The van der Waals surface area contributed by atoms with Crippen LogP contribution in [0.4, 0.5) is 5.69 Å². The Hall–Kier alpha value is -3.39. The molecule has 0 aliphatic rings. The highest BCUT2D eigenvalue weighted by Crippen LogP contribution is 2.16. The highest BCUT2D eigenvalue weighted by Gasteiger charge is 2.09. The molecule has 2 aromatic carbocycles. The molecule has 0 radical (unpaired) electrons. The van der Waals surface area contributed by atoms with Crippen LogP contribution in [0.5, 0.6) is 0 Å². The Kier molecular flexibility index (Phi) is 5.87. The zero-order valence-electron chi connectivity index (χ0n) is 13.1. The molecule has 0 bridgehead atoms. The van der Waals surface area contributed by atoms with Crippen LogP contribution in [0, 0.1) is 22.0 Å². The van der Waals surface area contributed by atoms with Crippen LogP contribution in [0.2, 0.25) is 0 Å². The summed E-state index contributed by atoms with van der Waals surface area (Å²) in [4.78, 5) is 22.1. The first kappa shape index (κ1) is 17.0. The molecule has 0 heterocycles. The zero-order chi connectivity index (χ0) is 17.4. The number of nitro groups is 1. The lowest BCUT2D eigenvalue weighted by Crippen LogP contribution is -2.04. The number of carbonyl (C=O) groups excluding carboxylic acids is 1. The van der Waals surface area contributed by atoms with E-state index in [4.69, 9.17) is 4.74 Å². The molecule has 0 aliphatic carbocycles. The molecule has 2 rings (SSSR count). The van der Waals surface area contributed by atoms with Crippen molar-refractivity contribution in [3.63, 3.8) is 0 Å². The number of rotatable bonds is 4. The first-order chi connectivity index (χ1) is 11.6. The van der Waals surface area contributed by atoms with Gasteiger partial charge in [-0.3, -0.25) is 10.1 Å². The number of ether oxygens (including phenoxy) is 1. The standard InChI is InChI=1S/C19H15NO4/c1-24-19(21)17(9-5-8-15-6-3-2-4-7-15)14-16-10-12-18(13-11-16)20(22)23/h2-4,6-7,10-14H,9H2,1H3/b17-14+. The summed E-state index contributed by atoms with van der Waals surface area (Å²) in [7, 11) is 1.30. The van der Waals surface area contributed by atoms with Crippen LogP contribution in [0.15, 0.2) is 60.2 Å². The van der Waals surface area contributed by atoms with E-state index in [2.05, 4.69) is 11.8 Å². The molecule has 0 saturated carbocycles. The monoisotopic (exact) mass is 321 g/mol. The van der Waals surface area contributed by atoms with Gasteiger partial charge in [0.2, 0.25) is 0 Å². The maximum absolute atomic E-state index is 11.9. The van der Waals surface area contributed by atoms with Gasteiger partial charge in [-0.05, 0) is 35.9 Å². The molecule has 5 heteroatoms. The predicted molar refractivity (Wildman–Crippen MR) is 91.0 cm³/mol. The molecule has 24 heavy (non-hydrogen) atoms. The van der Waals surface area contributed by atoms with Gasteiger partial charge in [-0.25, -0.2) is 4.79 Å². The third kappa shape index (κ3) is 4.82. The number of benzene rings is 2. The fourth-order valence-corrected chi connectivity index (χ4v) is 1.97. The number of esters is 1. The van der Waals surface area contributed by atoms with E-state index in [1.54, 1.807) is 18.2 Å². The van der Waals surface area contributed by atoms with Crippen LogP contribution in [0.1, 0.15) is 17.5 Å². The second kappa shape index (κ2) is 8.30. The SMILES string of the molecule is COC(=O)/C(=C/c1ccc([N+](=O)[O-])cc1)CC#Cc1ccccc1. The fourth-order valence-electron chi connectivity index (χ4n) is 1.97. The van der Waals surface area contributed by atoms with E-state index in [0.717, 1.165) is 5.56 Å². The molecule has 0 unspecified atom stereocenters. The van der Waals surface area contributed by atoms with Gasteiger partial charge in [-0.1, -0.05) is 30.0 Å². The zero-order valence-corrected chi connectivity index (χ0v) is 13.1. The highest BCUT2D eigenvalue weighted by molar-refractivity contribution is 5.94. The summed E-state index contributed by atoms with van der Waals surface area (Å²) in [6.07, 6.45) is 1.84. The van der Waals surface area contributed by atoms with Crippen molar-refractivity contribution in [2.75, 3.05) is 7.11 Å². The van der Waals surface area contributed by atoms with Gasteiger partial charge in [0.05, 0.1) is 12.0 Å². The van der Waals surface area contributed by atoms with Crippen molar-refractivity contribution in [1.29, 1.82) is 0 Å². The summed E-state index contributed by atoms with van der Waals surface area (Å²) >= 11 is 0. The van der Waals surface area contributed by atoms with E-state index >= 15 is 0 Å². The van der Waals surface area contributed by atoms with Crippen LogP contribution in [0.3, 0.4) is 0 Å². The quantitative estimate of drug-likeness (QED) is 0.284. The molecule has 0 amide bonds. The second-order valence-corrected chi connectivity index (χ2v) is 4.85. The summed E-state index contributed by atoms with van der Waals surface area (Å²) in [5, 5.41) is 10.7. The predicted octanol–water partition coefficient (Wildman–Crippen LogP) is 3.59. The van der Waals surface area contributed by atoms with Crippen molar-refractivity contribution >= 4 is 17.7 Å². The van der Waals surface area contributed by atoms with Crippen LogP contribution < -0.4 is 0 Å². The second-order valence-electron chi connectivity index (χ2n) is 4.85. The summed E-state index contributed by atoms with van der Waals surface area (Å²) in [6, 6.07) is 15.4. The fraction of sp³-hybridized carbons (Fsp3) is 0.105. The van der Waals surface area contributed by atoms with E-state index in [0.29, 0.717) is 11.1 Å². The van der Waals surface area contributed by atoms with Crippen molar-refractivity contribution in [1.82, 2.24) is 0 Å². The van der Waals surface area contributed by atoms with Gasteiger partial charge in [0.15, 0.2) is 0 Å². The minimum absolute atomic E-state index is 0.00404. The average Bonchev–Trinajstić information content (AvgIpc) is 2.61. The van der Waals surface area contributed by atoms with Crippen LogP contribution in [-0.4, -0.2) is 18.0 Å². The Morgan fingerprint density at radius 3 is 2.42 bits per heavy atom. The van der Waals surface area contributed by atoms with Gasteiger partial charge in [-0.2, -0.15) is 0 Å². The lowest BCUT2D eigenvalue weighted by atomic mass is 10.1. The van der Waals surface area contributed by atoms with E-state index in [1.165, 1.54) is 19.2 Å². The van der Waals surface area contributed by atoms with Gasteiger partial charge < -0.3 is 4.74 Å². The van der Waals surface area contributed by atoms with Crippen LogP contribution in [0.25, 0.3) is 6.08 Å². The molecular formula is C19H15NO4. The third-order valence-corrected chi connectivity index (χ3v) is 3.18. The molecule has 0 fully saturated rings. The highest BCUT2D eigenvalue weighted by atomic mass is 16.6. The number of nitro benzene ring substituents is 1. The molecule has 0 atom stereocenters. The van der Waals surface area contributed by atoms with E-state index in [9.17, 15) is 14.9 Å². The minimum atomic E-state index is -0.476. The summed E-state index contributed by atoms with van der Waals surface area (Å²) in [5.41, 5.74) is 1.91. The topological polar surface area (TPSA) is 69.4 Å². The molecule has 0 aromatic heterocycles. The molecule has 0 aliphatic heterocycles. The van der Waals surface area contributed by atoms with Gasteiger partial charge in [0.1, 0.15) is 0 Å². The maximum Gasteiger partial charge on any atom is 0.334 e. The largest absolute Gasteiger partial charge is 0.466 e. The number of nitrogens with zero attached hydrogens (tertiary/aromatic N) is 1. The Bertz CT molecular complexity index is 812. The Labute approximate surface area is 139 Å². The number of non-ortho nitro benzene ring substituents is 1. The van der Waals surface area contributed by atoms with E-state index in [1.807, 2.05) is 30.3 Å². The molecule has 120 valence electrons. The van der Waals surface area contributed by atoms with Gasteiger partial charge >= 0.3 is 5.97 Å². The van der Waals surface area contributed by atoms with Crippen molar-refractivity contribution in [3.8, 4) is 11.8 Å². The molecular weight excluding hydrogens is 306 g/mol. The first-order valence-corrected chi connectivity index (χ1v) is 7.17. The van der Waals surface area contributed by atoms with Gasteiger partial charge in [0, 0.05) is 29.7 Å². The van der Waals surface area contributed by atoms with Gasteiger partial charge in [0.25, 0.3) is 5.69 Å². The van der Waals surface area contributed by atoms with E-state index < -0.39 is 10.9 Å². The smallest absolute Gasteiger partial charge is 0.334 e. The molecule has 0 saturated heterocycles. The lowest BCUT2D eigenvalue weighted by molar-refractivity contribution is -0.384. The summed E-state index contributed by atoms with van der Waals surface area (Å²) in [5.74, 6) is 5.44. The van der Waals surface area contributed by atoms with Crippen molar-refractivity contribution in [3.05, 3.63) is 81.4 Å². The minimum Gasteiger partial charge on any atom is -0.466 e. The molecule has 5 nitrogen and oxygen atoms in total. The Balaban J connectivity index is 2.20. The number of hydrogen-bond donors (Lipinski definition) is 0. The van der Waals surface area contributed by atoms with Crippen LogP contribution >= 0.6 is 0 Å². The lowest BCUT2D eigenvalue weighted by Gasteiger charge is -2.02. The van der Waals surface area contributed by atoms with Crippen molar-refractivity contribution < 1.29 is 14.5 Å². The number of methoxy groups -OCH3 is 1. The number of hydrogen-bond acceptors (Lipinski definition) is 4. The Morgan fingerprint density at radius 2 is 1.83 bits per heavy atom. The third-order valence-electron chi connectivity index (χ3n) is 3.18. The maximum atomic E-state index is 11.9. The molecule has 0 N–H and O–H groups in total. The molecule has 2 aromatic rings. The summed E-state index contributed by atoms with van der Waals surface area (Å²) < 4.78 is 4.77. The van der Waals surface area contributed by atoms with Crippen molar-refractivity contribution in [2.24, 2.45) is 0 Å². The van der Waals surface area contributed by atoms with Crippen molar-refractivity contribution in [2.45, 2.75) is 6.42 Å². The Morgan fingerprint density at radius 1 is 1.17 bits per heavy atom.